The van der Waals surface area contributed by atoms with E-state index in [1.54, 1.807) is 45.7 Å². The Morgan fingerprint density at radius 3 is 2.63 bits per heavy atom. The molecule has 0 saturated heterocycles. The standard InChI is InChI=1S/C21H21N3O4S2/c1-4-28-20(25)18-15(13-7-8-16(26-2)17(10-13)27-3)12-30-19(18)24-21(29)23-14-6-5-9-22-11-14/h5-12H,4H2,1-3H3,(H2,23,24,29). The van der Waals surface area contributed by atoms with Gasteiger partial charge in [0.05, 0.1) is 32.7 Å². The number of thiocarbonyl (C=S) groups is 1. The Morgan fingerprint density at radius 1 is 1.17 bits per heavy atom. The minimum atomic E-state index is -0.435. The number of benzene rings is 1. The zero-order valence-electron chi connectivity index (χ0n) is 16.7. The van der Waals surface area contributed by atoms with Crippen molar-refractivity contribution in [2.45, 2.75) is 6.92 Å². The Bertz CT molecular complexity index is 1040. The van der Waals surface area contributed by atoms with Crippen molar-refractivity contribution in [3.05, 3.63) is 53.7 Å². The third-order valence-electron chi connectivity index (χ3n) is 4.11. The van der Waals surface area contributed by atoms with Gasteiger partial charge < -0.3 is 24.8 Å². The van der Waals surface area contributed by atoms with Gasteiger partial charge in [0.2, 0.25) is 0 Å². The van der Waals surface area contributed by atoms with Gasteiger partial charge in [-0.05, 0) is 49.0 Å². The van der Waals surface area contributed by atoms with E-state index in [0.29, 0.717) is 32.7 Å². The summed E-state index contributed by atoms with van der Waals surface area (Å²) in [7, 11) is 3.14. The van der Waals surface area contributed by atoms with Crippen molar-refractivity contribution in [1.82, 2.24) is 4.98 Å². The molecule has 156 valence electrons. The van der Waals surface area contributed by atoms with Crippen LogP contribution in [0.15, 0.2) is 48.1 Å². The highest BCUT2D eigenvalue weighted by Crippen LogP contribution is 2.39. The molecule has 7 nitrogen and oxygen atoms in total. The molecule has 0 saturated carbocycles. The molecule has 2 aromatic heterocycles. The number of nitrogens with zero attached hydrogens (tertiary/aromatic N) is 1. The van der Waals surface area contributed by atoms with Crippen LogP contribution in [0, 0.1) is 0 Å². The molecule has 30 heavy (non-hydrogen) atoms. The molecule has 0 bridgehead atoms. The number of carbonyl (C=O) groups is 1. The van der Waals surface area contributed by atoms with Crippen molar-refractivity contribution >= 4 is 45.3 Å². The molecule has 2 heterocycles. The number of anilines is 2. The lowest BCUT2D eigenvalue weighted by Gasteiger charge is -2.12. The first-order valence-corrected chi connectivity index (χ1v) is 10.3. The van der Waals surface area contributed by atoms with E-state index in [4.69, 9.17) is 26.4 Å². The summed E-state index contributed by atoms with van der Waals surface area (Å²) < 4.78 is 16.0. The summed E-state index contributed by atoms with van der Waals surface area (Å²) >= 11 is 6.76. The van der Waals surface area contributed by atoms with Gasteiger partial charge >= 0.3 is 5.97 Å². The zero-order chi connectivity index (χ0) is 21.5. The fourth-order valence-electron chi connectivity index (χ4n) is 2.77. The van der Waals surface area contributed by atoms with Crippen LogP contribution >= 0.6 is 23.6 Å². The maximum absolute atomic E-state index is 12.8. The van der Waals surface area contributed by atoms with Crippen molar-refractivity contribution in [3.63, 3.8) is 0 Å². The lowest BCUT2D eigenvalue weighted by atomic mass is 10.0. The van der Waals surface area contributed by atoms with Crippen LogP contribution in [0.5, 0.6) is 11.5 Å². The topological polar surface area (TPSA) is 81.7 Å². The summed E-state index contributed by atoms with van der Waals surface area (Å²) in [5.41, 5.74) is 2.66. The summed E-state index contributed by atoms with van der Waals surface area (Å²) in [5.74, 6) is 0.740. The number of ether oxygens (including phenoxy) is 3. The summed E-state index contributed by atoms with van der Waals surface area (Å²) in [4.78, 5) is 16.8. The number of carbonyl (C=O) groups excluding carboxylic acids is 1. The number of thiophene rings is 1. The highest BCUT2D eigenvalue weighted by atomic mass is 32.1. The zero-order valence-corrected chi connectivity index (χ0v) is 18.4. The third kappa shape index (κ3) is 4.87. The number of esters is 1. The fourth-order valence-corrected chi connectivity index (χ4v) is 4.02. The lowest BCUT2D eigenvalue weighted by Crippen LogP contribution is -2.20. The van der Waals surface area contributed by atoms with Crippen LogP contribution in [0.3, 0.4) is 0 Å². The normalized spacial score (nSPS) is 10.2. The van der Waals surface area contributed by atoms with E-state index in [9.17, 15) is 4.79 Å². The quantitative estimate of drug-likeness (QED) is 0.398. The first-order chi connectivity index (χ1) is 14.6. The van der Waals surface area contributed by atoms with Gasteiger partial charge in [-0.2, -0.15) is 0 Å². The number of hydrogen-bond acceptors (Lipinski definition) is 7. The SMILES string of the molecule is CCOC(=O)c1c(-c2ccc(OC)c(OC)c2)csc1NC(=S)Nc1cccnc1. The Morgan fingerprint density at radius 2 is 1.97 bits per heavy atom. The van der Waals surface area contributed by atoms with Crippen LogP contribution in [0.25, 0.3) is 11.1 Å². The van der Waals surface area contributed by atoms with Crippen molar-refractivity contribution in [1.29, 1.82) is 0 Å². The largest absolute Gasteiger partial charge is 0.493 e. The van der Waals surface area contributed by atoms with E-state index in [-0.39, 0.29) is 6.61 Å². The average Bonchev–Trinajstić information content (AvgIpc) is 3.17. The van der Waals surface area contributed by atoms with Crippen LogP contribution in [0.1, 0.15) is 17.3 Å². The molecule has 9 heteroatoms. The van der Waals surface area contributed by atoms with Gasteiger partial charge in [0.1, 0.15) is 10.6 Å². The highest BCUT2D eigenvalue weighted by Gasteiger charge is 2.23. The predicted octanol–water partition coefficient (Wildman–Crippen LogP) is 4.81. The molecule has 2 N–H and O–H groups in total. The van der Waals surface area contributed by atoms with Gasteiger partial charge in [0, 0.05) is 17.1 Å². The average molecular weight is 444 g/mol. The van der Waals surface area contributed by atoms with E-state index < -0.39 is 5.97 Å². The maximum Gasteiger partial charge on any atom is 0.341 e. The van der Waals surface area contributed by atoms with Gasteiger partial charge in [-0.25, -0.2) is 4.79 Å². The summed E-state index contributed by atoms with van der Waals surface area (Å²) in [6.45, 7) is 2.03. The van der Waals surface area contributed by atoms with Crippen LogP contribution in [-0.2, 0) is 4.74 Å². The Balaban J connectivity index is 1.94. The molecule has 0 aliphatic carbocycles. The van der Waals surface area contributed by atoms with Crippen molar-refractivity contribution in [2.75, 3.05) is 31.5 Å². The molecule has 0 aliphatic rings. The number of pyridine rings is 1. The number of hydrogen-bond donors (Lipinski definition) is 2. The van der Waals surface area contributed by atoms with Crippen LogP contribution in [-0.4, -0.2) is 36.9 Å². The second-order valence-corrected chi connectivity index (χ2v) is 7.25. The monoisotopic (exact) mass is 443 g/mol. The first-order valence-electron chi connectivity index (χ1n) is 9.06. The molecule has 0 atom stereocenters. The molecular weight excluding hydrogens is 422 g/mol. The van der Waals surface area contributed by atoms with E-state index in [0.717, 1.165) is 11.3 Å². The summed E-state index contributed by atoms with van der Waals surface area (Å²) in [6.07, 6.45) is 3.33. The van der Waals surface area contributed by atoms with Crippen molar-refractivity contribution in [3.8, 4) is 22.6 Å². The molecule has 0 amide bonds. The Kier molecular flexibility index (Phi) is 7.21. The van der Waals surface area contributed by atoms with Gasteiger partial charge in [-0.3, -0.25) is 4.98 Å². The van der Waals surface area contributed by atoms with Crippen LogP contribution in [0.2, 0.25) is 0 Å². The molecule has 0 aliphatic heterocycles. The summed E-state index contributed by atoms with van der Waals surface area (Å²) in [5, 5.41) is 8.94. The molecule has 0 unspecified atom stereocenters. The molecular formula is C21H21N3O4S2. The number of aromatic nitrogens is 1. The number of rotatable bonds is 7. The molecule has 3 aromatic rings. The van der Waals surface area contributed by atoms with Gasteiger partial charge in [0.15, 0.2) is 16.6 Å². The molecule has 1 aromatic carbocycles. The van der Waals surface area contributed by atoms with E-state index in [1.165, 1.54) is 11.3 Å². The Hall–Kier alpha value is -3.17. The van der Waals surface area contributed by atoms with Crippen LogP contribution < -0.4 is 20.1 Å². The van der Waals surface area contributed by atoms with Crippen molar-refractivity contribution in [2.24, 2.45) is 0 Å². The predicted molar refractivity (Wildman–Crippen MR) is 123 cm³/mol. The molecule has 0 spiro atoms. The summed E-state index contributed by atoms with van der Waals surface area (Å²) in [6, 6.07) is 9.12. The van der Waals surface area contributed by atoms with Gasteiger partial charge in [-0.15, -0.1) is 11.3 Å². The maximum atomic E-state index is 12.8. The van der Waals surface area contributed by atoms with E-state index in [2.05, 4.69) is 15.6 Å². The third-order valence-corrected chi connectivity index (χ3v) is 5.21. The van der Waals surface area contributed by atoms with E-state index in [1.807, 2.05) is 23.6 Å². The van der Waals surface area contributed by atoms with E-state index >= 15 is 0 Å². The molecule has 3 rings (SSSR count). The van der Waals surface area contributed by atoms with Crippen molar-refractivity contribution < 1.29 is 19.0 Å². The second-order valence-electron chi connectivity index (χ2n) is 5.96. The minimum Gasteiger partial charge on any atom is -0.493 e. The Labute approximate surface area is 184 Å². The van der Waals surface area contributed by atoms with Gasteiger partial charge in [-0.1, -0.05) is 6.07 Å². The van der Waals surface area contributed by atoms with Gasteiger partial charge in [0.25, 0.3) is 0 Å². The minimum absolute atomic E-state index is 0.262. The second kappa shape index (κ2) is 10.0. The first kappa shape index (κ1) is 21.5. The smallest absolute Gasteiger partial charge is 0.341 e. The lowest BCUT2D eigenvalue weighted by molar-refractivity contribution is 0.0529. The number of nitrogens with one attached hydrogen (secondary N) is 2. The number of methoxy groups -OCH3 is 2. The van der Waals surface area contributed by atoms with Crippen LogP contribution in [0.4, 0.5) is 10.7 Å². The molecule has 0 radical (unpaired) electrons. The highest BCUT2D eigenvalue weighted by molar-refractivity contribution is 7.80. The fraction of sp³-hybridized carbons (Fsp3) is 0.190. The molecule has 0 fully saturated rings.